The predicted molar refractivity (Wildman–Crippen MR) is 98.0 cm³/mol. The van der Waals surface area contributed by atoms with Gasteiger partial charge in [-0.2, -0.15) is 0 Å². The van der Waals surface area contributed by atoms with Crippen LogP contribution in [0.5, 0.6) is 11.6 Å². The van der Waals surface area contributed by atoms with E-state index in [2.05, 4.69) is 15.3 Å². The van der Waals surface area contributed by atoms with E-state index in [1.54, 1.807) is 55.7 Å². The highest BCUT2D eigenvalue weighted by atomic mass is 16.5. The molecule has 0 aliphatic rings. The Bertz CT molecular complexity index is 1180. The van der Waals surface area contributed by atoms with E-state index in [9.17, 15) is 9.59 Å². The first-order chi connectivity index (χ1) is 13.1. The second-order valence-electron chi connectivity index (χ2n) is 5.71. The zero-order valence-corrected chi connectivity index (χ0v) is 14.2. The number of carbonyl (C=O) groups excluding carboxylic acids is 1. The summed E-state index contributed by atoms with van der Waals surface area (Å²) < 4.78 is 12.2. The van der Waals surface area contributed by atoms with E-state index in [4.69, 9.17) is 9.15 Å². The Hall–Kier alpha value is -3.94. The number of nitrogens with one attached hydrogen (secondary N) is 1. The van der Waals surface area contributed by atoms with E-state index in [-0.39, 0.29) is 11.4 Å². The fourth-order valence-corrected chi connectivity index (χ4v) is 2.57. The van der Waals surface area contributed by atoms with E-state index >= 15 is 0 Å². The van der Waals surface area contributed by atoms with Crippen molar-refractivity contribution in [3.05, 3.63) is 77.2 Å². The van der Waals surface area contributed by atoms with E-state index in [1.807, 2.05) is 0 Å². The lowest BCUT2D eigenvalue weighted by Gasteiger charge is -2.10. The third-order valence-electron chi connectivity index (χ3n) is 3.91. The van der Waals surface area contributed by atoms with Gasteiger partial charge in [-0.3, -0.25) is 14.3 Å². The number of aryl methyl sites for hydroxylation is 1. The van der Waals surface area contributed by atoms with Gasteiger partial charge in [-0.15, -0.1) is 0 Å². The molecule has 8 heteroatoms. The van der Waals surface area contributed by atoms with Crippen molar-refractivity contribution in [1.29, 1.82) is 0 Å². The summed E-state index contributed by atoms with van der Waals surface area (Å²) in [7, 11) is 1.62. The Balaban J connectivity index is 1.61. The molecule has 1 N–H and O–H groups in total. The minimum atomic E-state index is -0.465. The number of rotatable bonds is 4. The van der Waals surface area contributed by atoms with Crippen LogP contribution in [0.4, 0.5) is 5.69 Å². The number of anilines is 1. The topological polar surface area (TPSA) is 99.3 Å². The molecule has 3 heterocycles. The SMILES string of the molecule is Cn1c(=O)oc2cc(NC(=O)c3cccnc3Oc3cccnc3)ccc21. The third-order valence-corrected chi connectivity index (χ3v) is 3.91. The van der Waals surface area contributed by atoms with Gasteiger partial charge in [0.25, 0.3) is 5.91 Å². The molecule has 0 unspecified atom stereocenters. The molecule has 0 aliphatic carbocycles. The van der Waals surface area contributed by atoms with Crippen LogP contribution in [-0.2, 0) is 7.05 Å². The highest BCUT2D eigenvalue weighted by Crippen LogP contribution is 2.24. The molecule has 0 bridgehead atoms. The molecule has 0 saturated carbocycles. The summed E-state index contributed by atoms with van der Waals surface area (Å²) >= 11 is 0. The molecular formula is C19H14N4O4. The summed E-state index contributed by atoms with van der Waals surface area (Å²) in [5.41, 5.74) is 1.77. The summed E-state index contributed by atoms with van der Waals surface area (Å²) in [5.74, 6) is -0.236. The summed E-state index contributed by atoms with van der Waals surface area (Å²) in [4.78, 5) is 32.4. The normalized spacial score (nSPS) is 10.7. The Morgan fingerprint density at radius 1 is 1.19 bits per heavy atom. The first-order valence-electron chi connectivity index (χ1n) is 8.05. The van der Waals surface area contributed by atoms with Crippen LogP contribution in [0.3, 0.4) is 0 Å². The number of nitrogens with zero attached hydrogens (tertiary/aromatic N) is 3. The minimum absolute atomic E-state index is 0.162. The number of fused-ring (bicyclic) bond motifs is 1. The molecule has 0 atom stereocenters. The van der Waals surface area contributed by atoms with Crippen LogP contribution in [0, 0.1) is 0 Å². The molecule has 0 aliphatic heterocycles. The van der Waals surface area contributed by atoms with Crippen molar-refractivity contribution in [2.75, 3.05) is 5.32 Å². The summed E-state index contributed by atoms with van der Waals surface area (Å²) in [6.45, 7) is 0. The van der Waals surface area contributed by atoms with Gasteiger partial charge in [-0.1, -0.05) is 0 Å². The second kappa shape index (κ2) is 6.75. The number of pyridine rings is 2. The van der Waals surface area contributed by atoms with Crippen LogP contribution in [0.25, 0.3) is 11.1 Å². The maximum Gasteiger partial charge on any atom is 0.419 e. The number of amides is 1. The van der Waals surface area contributed by atoms with Crippen LogP contribution >= 0.6 is 0 Å². The van der Waals surface area contributed by atoms with Gasteiger partial charge < -0.3 is 14.5 Å². The Morgan fingerprint density at radius 2 is 2.04 bits per heavy atom. The fraction of sp³-hybridized carbons (Fsp3) is 0.0526. The maximum atomic E-state index is 12.7. The lowest BCUT2D eigenvalue weighted by atomic mass is 10.2. The van der Waals surface area contributed by atoms with Gasteiger partial charge in [0.1, 0.15) is 11.3 Å². The number of aromatic nitrogens is 3. The van der Waals surface area contributed by atoms with Gasteiger partial charge in [0, 0.05) is 31.2 Å². The van der Waals surface area contributed by atoms with Crippen molar-refractivity contribution >= 4 is 22.7 Å². The molecular weight excluding hydrogens is 348 g/mol. The van der Waals surface area contributed by atoms with Crippen molar-refractivity contribution in [2.45, 2.75) is 0 Å². The van der Waals surface area contributed by atoms with E-state index in [0.29, 0.717) is 22.5 Å². The van der Waals surface area contributed by atoms with Gasteiger partial charge in [0.2, 0.25) is 5.88 Å². The molecule has 0 radical (unpaired) electrons. The highest BCUT2D eigenvalue weighted by molar-refractivity contribution is 6.06. The van der Waals surface area contributed by atoms with Crippen molar-refractivity contribution in [1.82, 2.24) is 14.5 Å². The average molecular weight is 362 g/mol. The molecule has 134 valence electrons. The van der Waals surface area contributed by atoms with Crippen LogP contribution in [0.1, 0.15) is 10.4 Å². The monoisotopic (exact) mass is 362 g/mol. The van der Waals surface area contributed by atoms with E-state index in [0.717, 1.165) is 0 Å². The van der Waals surface area contributed by atoms with E-state index < -0.39 is 11.7 Å². The standard InChI is InChI=1S/C19H14N4O4/c1-23-15-7-6-12(10-16(15)27-19(23)25)22-17(24)14-5-3-9-21-18(14)26-13-4-2-8-20-11-13/h2-11H,1H3,(H,22,24). The van der Waals surface area contributed by atoms with Crippen LogP contribution in [0.2, 0.25) is 0 Å². The zero-order valence-electron chi connectivity index (χ0n) is 14.2. The predicted octanol–water partition coefficient (Wildman–Crippen LogP) is 2.97. The second-order valence-corrected chi connectivity index (χ2v) is 5.71. The largest absolute Gasteiger partial charge is 0.437 e. The van der Waals surface area contributed by atoms with Gasteiger partial charge in [-0.25, -0.2) is 9.78 Å². The van der Waals surface area contributed by atoms with Gasteiger partial charge in [-0.05, 0) is 36.4 Å². The van der Waals surface area contributed by atoms with Gasteiger partial charge in [0.15, 0.2) is 5.58 Å². The summed E-state index contributed by atoms with van der Waals surface area (Å²) in [6, 6.07) is 11.7. The number of oxazole rings is 1. The van der Waals surface area contributed by atoms with Crippen molar-refractivity contribution in [3.8, 4) is 11.6 Å². The first kappa shape index (κ1) is 16.5. The van der Waals surface area contributed by atoms with Crippen molar-refractivity contribution in [3.63, 3.8) is 0 Å². The number of hydrogen-bond acceptors (Lipinski definition) is 6. The molecule has 4 aromatic rings. The third kappa shape index (κ3) is 3.28. The smallest absolute Gasteiger partial charge is 0.419 e. The average Bonchev–Trinajstić information content (AvgIpc) is 2.96. The van der Waals surface area contributed by atoms with E-state index in [1.165, 1.54) is 17.0 Å². The highest BCUT2D eigenvalue weighted by Gasteiger charge is 2.15. The number of hydrogen-bond donors (Lipinski definition) is 1. The number of benzene rings is 1. The Labute approximate surface area is 153 Å². The molecule has 0 fully saturated rings. The molecule has 4 rings (SSSR count). The molecule has 8 nitrogen and oxygen atoms in total. The van der Waals surface area contributed by atoms with Crippen LogP contribution < -0.4 is 15.8 Å². The molecule has 1 aromatic carbocycles. The molecule has 27 heavy (non-hydrogen) atoms. The summed E-state index contributed by atoms with van der Waals surface area (Å²) in [5, 5.41) is 2.76. The maximum absolute atomic E-state index is 12.7. The quantitative estimate of drug-likeness (QED) is 0.599. The zero-order chi connectivity index (χ0) is 18.8. The van der Waals surface area contributed by atoms with Crippen LogP contribution in [-0.4, -0.2) is 20.4 Å². The minimum Gasteiger partial charge on any atom is -0.437 e. The molecule has 1 amide bonds. The first-order valence-corrected chi connectivity index (χ1v) is 8.05. The van der Waals surface area contributed by atoms with Gasteiger partial charge >= 0.3 is 5.76 Å². The number of carbonyl (C=O) groups is 1. The molecule has 0 saturated heterocycles. The van der Waals surface area contributed by atoms with Crippen molar-refractivity contribution < 1.29 is 13.9 Å². The van der Waals surface area contributed by atoms with Crippen LogP contribution in [0.15, 0.2) is 70.3 Å². The van der Waals surface area contributed by atoms with Gasteiger partial charge in [0.05, 0.1) is 11.7 Å². The lowest BCUT2D eigenvalue weighted by Crippen LogP contribution is -2.13. The van der Waals surface area contributed by atoms with Crippen molar-refractivity contribution in [2.24, 2.45) is 7.05 Å². The molecule has 3 aromatic heterocycles. The summed E-state index contributed by atoms with van der Waals surface area (Å²) in [6.07, 6.45) is 4.69. The fourth-order valence-electron chi connectivity index (χ4n) is 2.57. The number of ether oxygens (including phenoxy) is 1. The lowest BCUT2D eigenvalue weighted by molar-refractivity contribution is 0.102. The Morgan fingerprint density at radius 3 is 2.85 bits per heavy atom. The molecule has 0 spiro atoms. The Kier molecular flexibility index (Phi) is 4.13.